The molecule has 0 aliphatic carbocycles. The molecule has 0 bridgehead atoms. The molecule has 2 saturated heterocycles. The van der Waals surface area contributed by atoms with Crippen LogP contribution in [0.15, 0.2) is 30.3 Å². The van der Waals surface area contributed by atoms with Crippen LogP contribution in [0.2, 0.25) is 5.02 Å². The quantitative estimate of drug-likeness (QED) is 0.514. The lowest BCUT2D eigenvalue weighted by Crippen LogP contribution is -2.73. The molecule has 3 aromatic rings. The summed E-state index contributed by atoms with van der Waals surface area (Å²) < 4.78 is 15.7. The van der Waals surface area contributed by atoms with Crippen LogP contribution in [-0.2, 0) is 17.9 Å². The minimum absolute atomic E-state index is 0.0218. The van der Waals surface area contributed by atoms with Gasteiger partial charge < -0.3 is 14.7 Å². The van der Waals surface area contributed by atoms with Gasteiger partial charge in [-0.3, -0.25) is 14.3 Å². The highest BCUT2D eigenvalue weighted by Gasteiger charge is 2.53. The van der Waals surface area contributed by atoms with E-state index in [1.165, 1.54) is 6.07 Å². The maximum Gasteiger partial charge on any atom is 0.236 e. The lowest BCUT2D eigenvalue weighted by Gasteiger charge is -2.60. The summed E-state index contributed by atoms with van der Waals surface area (Å²) in [4.78, 5) is 24.5. The second-order valence-electron chi connectivity index (χ2n) is 10.3. The van der Waals surface area contributed by atoms with E-state index in [0.29, 0.717) is 23.9 Å². The average Bonchev–Trinajstić information content (AvgIpc) is 3.14. The standard InChI is InChI=1S/C25H25ClFN9O/c1-32(2)23(37)11-33-9-16-7-17(26)3-5-20(16)36-22(10-33)30-31-24(36)35-14-25(15-35)12-34(13-25)21-6-4-18(27)19(8-28)29-21/h3-7H,9-15H2,1-2H3. The summed E-state index contributed by atoms with van der Waals surface area (Å²) in [6.07, 6.45) is 0. The Labute approximate surface area is 218 Å². The summed E-state index contributed by atoms with van der Waals surface area (Å²) >= 11 is 6.34. The zero-order chi connectivity index (χ0) is 25.9. The minimum atomic E-state index is -0.602. The number of nitriles is 1. The SMILES string of the molecule is CN(C)C(=O)CN1Cc2cc(Cl)ccc2-n2c(nnc2N2CC3(CN(c4ccc(F)c(C#N)n4)C3)C2)C1. The smallest absolute Gasteiger partial charge is 0.236 e. The summed E-state index contributed by atoms with van der Waals surface area (Å²) in [5, 5.41) is 18.8. The van der Waals surface area contributed by atoms with Crippen LogP contribution in [0.3, 0.4) is 0 Å². The van der Waals surface area contributed by atoms with Gasteiger partial charge in [0.2, 0.25) is 11.9 Å². The van der Waals surface area contributed by atoms with Gasteiger partial charge in [-0.15, -0.1) is 10.2 Å². The molecule has 3 aliphatic heterocycles. The molecule has 5 heterocycles. The highest BCUT2D eigenvalue weighted by Crippen LogP contribution is 2.44. The van der Waals surface area contributed by atoms with E-state index in [0.717, 1.165) is 49.2 Å². The van der Waals surface area contributed by atoms with Crippen molar-refractivity contribution in [3.63, 3.8) is 0 Å². The summed E-state index contributed by atoms with van der Waals surface area (Å²) in [5.74, 6) is 1.59. The molecule has 1 spiro atoms. The van der Waals surface area contributed by atoms with E-state index in [4.69, 9.17) is 16.9 Å². The number of amides is 1. The number of pyridine rings is 1. The van der Waals surface area contributed by atoms with E-state index in [9.17, 15) is 9.18 Å². The van der Waals surface area contributed by atoms with Gasteiger partial charge in [0.1, 0.15) is 11.9 Å². The highest BCUT2D eigenvalue weighted by molar-refractivity contribution is 6.30. The molecule has 0 unspecified atom stereocenters. The predicted octanol–water partition coefficient (Wildman–Crippen LogP) is 2.06. The van der Waals surface area contributed by atoms with Crippen molar-refractivity contribution in [3.8, 4) is 11.8 Å². The van der Waals surface area contributed by atoms with Gasteiger partial charge in [-0.25, -0.2) is 9.37 Å². The topological polar surface area (TPSA) is 97.4 Å². The Bertz CT molecular complexity index is 1430. The predicted molar refractivity (Wildman–Crippen MR) is 135 cm³/mol. The van der Waals surface area contributed by atoms with Gasteiger partial charge in [0.05, 0.1) is 18.8 Å². The fourth-order valence-corrected chi connectivity index (χ4v) is 5.61. The molecule has 0 atom stereocenters. The average molecular weight is 522 g/mol. The number of anilines is 2. The Morgan fingerprint density at radius 3 is 2.62 bits per heavy atom. The van der Waals surface area contributed by atoms with Crippen molar-refractivity contribution in [2.24, 2.45) is 5.41 Å². The fourth-order valence-electron chi connectivity index (χ4n) is 5.42. The number of hydrogen-bond acceptors (Lipinski definition) is 8. The van der Waals surface area contributed by atoms with Crippen LogP contribution in [0.1, 0.15) is 17.1 Å². The van der Waals surface area contributed by atoms with Gasteiger partial charge in [0, 0.05) is 57.3 Å². The van der Waals surface area contributed by atoms with Gasteiger partial charge in [-0.2, -0.15) is 5.26 Å². The third-order valence-electron chi connectivity index (χ3n) is 7.26. The van der Waals surface area contributed by atoms with Crippen LogP contribution in [0.25, 0.3) is 5.69 Å². The number of hydrogen-bond donors (Lipinski definition) is 0. The summed E-state index contributed by atoms with van der Waals surface area (Å²) in [6.45, 7) is 4.50. The Kier molecular flexibility index (Phi) is 5.54. The van der Waals surface area contributed by atoms with Crippen molar-refractivity contribution >= 4 is 29.3 Å². The number of fused-ring (bicyclic) bond motifs is 3. The molecular weight excluding hydrogens is 497 g/mol. The Balaban J connectivity index is 1.22. The lowest BCUT2D eigenvalue weighted by molar-refractivity contribution is -0.130. The molecule has 2 fully saturated rings. The van der Waals surface area contributed by atoms with Gasteiger partial charge in [-0.1, -0.05) is 11.6 Å². The largest absolute Gasteiger partial charge is 0.355 e. The molecule has 1 aromatic carbocycles. The summed E-state index contributed by atoms with van der Waals surface area (Å²) in [5.41, 5.74) is 1.89. The molecule has 37 heavy (non-hydrogen) atoms. The number of aromatic nitrogens is 4. The lowest BCUT2D eigenvalue weighted by atomic mass is 9.73. The van der Waals surface area contributed by atoms with E-state index >= 15 is 0 Å². The number of likely N-dealkylation sites (N-methyl/N-ethyl adjacent to an activating group) is 1. The first-order valence-corrected chi connectivity index (χ1v) is 12.4. The van der Waals surface area contributed by atoms with Gasteiger partial charge >= 0.3 is 0 Å². The van der Waals surface area contributed by atoms with Gasteiger partial charge in [-0.05, 0) is 35.9 Å². The normalized spacial score (nSPS) is 17.8. The highest BCUT2D eigenvalue weighted by atomic mass is 35.5. The maximum atomic E-state index is 13.7. The first-order valence-electron chi connectivity index (χ1n) is 12.0. The van der Waals surface area contributed by atoms with Crippen LogP contribution in [-0.4, -0.2) is 82.3 Å². The van der Waals surface area contributed by atoms with Crippen molar-refractivity contribution in [1.29, 1.82) is 5.26 Å². The summed E-state index contributed by atoms with van der Waals surface area (Å²) in [6, 6.07) is 10.5. The number of carbonyl (C=O) groups excluding carboxylic acids is 1. The number of carbonyl (C=O) groups is 1. The van der Waals surface area contributed by atoms with Crippen LogP contribution < -0.4 is 9.80 Å². The van der Waals surface area contributed by atoms with Crippen LogP contribution >= 0.6 is 11.6 Å². The number of nitrogens with zero attached hydrogens (tertiary/aromatic N) is 9. The van der Waals surface area contributed by atoms with Gasteiger partial charge in [0.15, 0.2) is 17.3 Å². The van der Waals surface area contributed by atoms with Crippen molar-refractivity contribution in [2.45, 2.75) is 13.1 Å². The van der Waals surface area contributed by atoms with E-state index in [1.807, 2.05) is 18.2 Å². The zero-order valence-electron chi connectivity index (χ0n) is 20.5. The summed E-state index contributed by atoms with van der Waals surface area (Å²) in [7, 11) is 3.50. The number of benzene rings is 1. The van der Waals surface area contributed by atoms with E-state index in [2.05, 4.69) is 34.4 Å². The molecule has 6 rings (SSSR count). The first-order chi connectivity index (χ1) is 17.7. The van der Waals surface area contributed by atoms with Crippen LogP contribution in [0, 0.1) is 22.6 Å². The molecule has 3 aliphatic rings. The van der Waals surface area contributed by atoms with E-state index in [1.54, 1.807) is 31.1 Å². The molecule has 0 saturated carbocycles. The van der Waals surface area contributed by atoms with Crippen LogP contribution in [0.4, 0.5) is 16.2 Å². The van der Waals surface area contributed by atoms with Crippen molar-refractivity contribution in [1.82, 2.24) is 29.5 Å². The van der Waals surface area contributed by atoms with Gasteiger partial charge in [0.25, 0.3) is 0 Å². The Morgan fingerprint density at radius 2 is 1.89 bits per heavy atom. The molecule has 0 radical (unpaired) electrons. The van der Waals surface area contributed by atoms with Crippen molar-refractivity contribution in [3.05, 3.63) is 58.3 Å². The molecule has 10 nitrogen and oxygen atoms in total. The number of halogens is 2. The maximum absolute atomic E-state index is 13.7. The Morgan fingerprint density at radius 1 is 1.14 bits per heavy atom. The third kappa shape index (κ3) is 4.06. The monoisotopic (exact) mass is 521 g/mol. The minimum Gasteiger partial charge on any atom is -0.355 e. The molecule has 12 heteroatoms. The van der Waals surface area contributed by atoms with E-state index < -0.39 is 5.82 Å². The second kappa shape index (κ2) is 8.68. The third-order valence-corrected chi connectivity index (χ3v) is 7.50. The fraction of sp³-hybridized carbons (Fsp3) is 0.400. The molecule has 1 amide bonds. The van der Waals surface area contributed by atoms with Crippen molar-refractivity contribution in [2.75, 3.05) is 56.6 Å². The molecule has 190 valence electrons. The zero-order valence-corrected chi connectivity index (χ0v) is 21.3. The first kappa shape index (κ1) is 23.6. The van der Waals surface area contributed by atoms with Crippen molar-refractivity contribution < 1.29 is 9.18 Å². The Hall–Kier alpha value is -3.75. The molecule has 2 aromatic heterocycles. The second-order valence-corrected chi connectivity index (χ2v) is 10.7. The van der Waals surface area contributed by atoms with E-state index in [-0.39, 0.29) is 23.6 Å². The number of rotatable bonds is 4. The molecule has 0 N–H and O–H groups in total. The van der Waals surface area contributed by atoms with Crippen LogP contribution in [0.5, 0.6) is 0 Å². The molecular formula is C25H25ClFN9O.